The molecule has 0 aliphatic carbocycles. The molecule has 0 aromatic rings. The molecule has 5 atom stereocenters. The third-order valence-electron chi connectivity index (χ3n) is 1.84. The third kappa shape index (κ3) is 1.71. The smallest absolute Gasteiger partial charge is 0.184 e. The predicted octanol–water partition coefficient (Wildman–Crippen LogP) is -1.97. The molecule has 4 N–H and O–H groups in total. The molecule has 3 unspecified atom stereocenters. The lowest BCUT2D eigenvalue weighted by Gasteiger charge is -2.37. The Balaban J connectivity index is 2.63. The minimum absolute atomic E-state index is 0.0536. The van der Waals surface area contributed by atoms with E-state index < -0.39 is 30.7 Å². The summed E-state index contributed by atoms with van der Waals surface area (Å²) in [6, 6.07) is 0. The number of hydrogen-bond acceptors (Lipinski definition) is 5. The zero-order chi connectivity index (χ0) is 9.30. The van der Waals surface area contributed by atoms with Crippen molar-refractivity contribution in [2.75, 3.05) is 5.88 Å². The van der Waals surface area contributed by atoms with Gasteiger partial charge < -0.3 is 25.2 Å². The number of aliphatic hydroxyl groups excluding tert-OH is 4. The molecular formula is C6H11ClO5. The van der Waals surface area contributed by atoms with Crippen LogP contribution in [-0.4, -0.2) is 57.0 Å². The maximum atomic E-state index is 9.20. The highest BCUT2D eigenvalue weighted by Crippen LogP contribution is 2.20. The first-order valence-electron chi connectivity index (χ1n) is 3.51. The van der Waals surface area contributed by atoms with Gasteiger partial charge in [-0.05, 0) is 0 Å². The Hall–Kier alpha value is 0.0900. The fourth-order valence-corrected chi connectivity index (χ4v) is 1.31. The second-order valence-electron chi connectivity index (χ2n) is 2.69. The maximum Gasteiger partial charge on any atom is 0.184 e. The van der Waals surface area contributed by atoms with Gasteiger partial charge in [0.25, 0.3) is 0 Å². The van der Waals surface area contributed by atoms with Crippen molar-refractivity contribution in [2.24, 2.45) is 0 Å². The molecule has 0 aromatic heterocycles. The van der Waals surface area contributed by atoms with E-state index >= 15 is 0 Å². The van der Waals surface area contributed by atoms with Gasteiger partial charge in [-0.25, -0.2) is 0 Å². The van der Waals surface area contributed by atoms with Gasteiger partial charge in [-0.15, -0.1) is 11.6 Å². The van der Waals surface area contributed by atoms with Gasteiger partial charge in [0.15, 0.2) is 6.29 Å². The number of hydrogen-bond donors (Lipinski definition) is 4. The molecule has 0 aromatic carbocycles. The first-order chi connectivity index (χ1) is 5.57. The van der Waals surface area contributed by atoms with E-state index in [-0.39, 0.29) is 5.88 Å². The predicted molar refractivity (Wildman–Crippen MR) is 39.6 cm³/mol. The van der Waals surface area contributed by atoms with Gasteiger partial charge in [-0.1, -0.05) is 0 Å². The van der Waals surface area contributed by atoms with Crippen molar-refractivity contribution in [1.82, 2.24) is 0 Å². The summed E-state index contributed by atoms with van der Waals surface area (Å²) in [6.45, 7) is 0. The van der Waals surface area contributed by atoms with Gasteiger partial charge in [-0.3, -0.25) is 0 Å². The van der Waals surface area contributed by atoms with Gasteiger partial charge in [0.2, 0.25) is 0 Å². The van der Waals surface area contributed by atoms with Crippen LogP contribution in [0.4, 0.5) is 0 Å². The van der Waals surface area contributed by atoms with Crippen molar-refractivity contribution < 1.29 is 25.2 Å². The average Bonchev–Trinajstić information content (AvgIpc) is 2.08. The van der Waals surface area contributed by atoms with E-state index in [4.69, 9.17) is 31.7 Å². The summed E-state index contributed by atoms with van der Waals surface area (Å²) in [5.41, 5.74) is 0. The molecule has 72 valence electrons. The second kappa shape index (κ2) is 3.87. The topological polar surface area (TPSA) is 90.2 Å². The first kappa shape index (κ1) is 10.2. The molecule has 1 aliphatic rings. The summed E-state index contributed by atoms with van der Waals surface area (Å²) in [7, 11) is 0. The van der Waals surface area contributed by atoms with Crippen LogP contribution in [0.15, 0.2) is 0 Å². The summed E-state index contributed by atoms with van der Waals surface area (Å²) in [6.07, 6.45) is -6.51. The monoisotopic (exact) mass is 198 g/mol. The Labute approximate surface area is 74.2 Å². The van der Waals surface area contributed by atoms with Crippen molar-refractivity contribution in [3.63, 3.8) is 0 Å². The zero-order valence-electron chi connectivity index (χ0n) is 6.17. The van der Waals surface area contributed by atoms with E-state index in [1.165, 1.54) is 0 Å². The number of halogens is 1. The molecule has 1 saturated heterocycles. The van der Waals surface area contributed by atoms with E-state index in [9.17, 15) is 5.11 Å². The summed E-state index contributed by atoms with van der Waals surface area (Å²) in [4.78, 5) is 0. The van der Waals surface area contributed by atoms with E-state index in [0.29, 0.717) is 0 Å². The molecule has 0 saturated carbocycles. The summed E-state index contributed by atoms with van der Waals surface area (Å²) in [5, 5.41) is 36.3. The highest BCUT2D eigenvalue weighted by molar-refractivity contribution is 6.18. The Morgan fingerprint density at radius 2 is 1.58 bits per heavy atom. The molecule has 1 rings (SSSR count). The number of alkyl halides is 1. The van der Waals surface area contributed by atoms with Crippen LogP contribution in [0.5, 0.6) is 0 Å². The highest BCUT2D eigenvalue weighted by Gasteiger charge is 2.42. The molecule has 0 bridgehead atoms. The molecule has 0 spiro atoms. The lowest BCUT2D eigenvalue weighted by atomic mass is 10.0. The Morgan fingerprint density at radius 1 is 1.00 bits per heavy atom. The van der Waals surface area contributed by atoms with Crippen LogP contribution in [0.3, 0.4) is 0 Å². The van der Waals surface area contributed by atoms with E-state index in [1.807, 2.05) is 0 Å². The molecule has 5 nitrogen and oxygen atoms in total. The second-order valence-corrected chi connectivity index (χ2v) is 3.00. The first-order valence-corrected chi connectivity index (χ1v) is 4.05. The van der Waals surface area contributed by atoms with Gasteiger partial charge >= 0.3 is 0 Å². The molecule has 1 fully saturated rings. The Bertz CT molecular complexity index is 150. The van der Waals surface area contributed by atoms with Crippen LogP contribution in [-0.2, 0) is 4.74 Å². The highest BCUT2D eigenvalue weighted by atomic mass is 35.5. The fourth-order valence-electron chi connectivity index (χ4n) is 1.06. The minimum Gasteiger partial charge on any atom is -0.388 e. The molecule has 0 amide bonds. The molecule has 12 heavy (non-hydrogen) atoms. The van der Waals surface area contributed by atoms with Crippen LogP contribution in [0.2, 0.25) is 0 Å². The molecular weight excluding hydrogens is 188 g/mol. The Kier molecular flexibility index (Phi) is 3.28. The zero-order valence-corrected chi connectivity index (χ0v) is 6.92. The number of ether oxygens (including phenoxy) is 1. The minimum atomic E-state index is -1.49. The molecule has 1 heterocycles. The number of aliphatic hydroxyl groups is 4. The lowest BCUT2D eigenvalue weighted by molar-refractivity contribution is -0.276. The largest absolute Gasteiger partial charge is 0.388 e. The van der Waals surface area contributed by atoms with E-state index in [0.717, 1.165) is 0 Å². The lowest BCUT2D eigenvalue weighted by Crippen LogP contribution is -2.57. The molecule has 6 heteroatoms. The Morgan fingerprint density at radius 3 is 2.08 bits per heavy atom. The fraction of sp³-hybridized carbons (Fsp3) is 1.00. The van der Waals surface area contributed by atoms with Gasteiger partial charge in [0.1, 0.15) is 24.4 Å². The van der Waals surface area contributed by atoms with Gasteiger partial charge in [0, 0.05) is 0 Å². The third-order valence-corrected chi connectivity index (χ3v) is 2.14. The molecule has 0 radical (unpaired) electrons. The quantitative estimate of drug-likeness (QED) is 0.367. The molecule has 1 aliphatic heterocycles. The van der Waals surface area contributed by atoms with Crippen molar-refractivity contribution in [3.05, 3.63) is 0 Å². The van der Waals surface area contributed by atoms with Crippen LogP contribution < -0.4 is 0 Å². The summed E-state index contributed by atoms with van der Waals surface area (Å²) in [5.74, 6) is -0.0536. The van der Waals surface area contributed by atoms with Crippen LogP contribution >= 0.6 is 11.6 Å². The van der Waals surface area contributed by atoms with Gasteiger partial charge in [-0.2, -0.15) is 0 Å². The summed E-state index contributed by atoms with van der Waals surface area (Å²) < 4.78 is 4.69. The van der Waals surface area contributed by atoms with E-state index in [1.54, 1.807) is 0 Å². The van der Waals surface area contributed by atoms with Crippen molar-refractivity contribution in [2.45, 2.75) is 30.7 Å². The maximum absolute atomic E-state index is 9.20. The van der Waals surface area contributed by atoms with Crippen LogP contribution in [0.1, 0.15) is 0 Å². The van der Waals surface area contributed by atoms with Gasteiger partial charge in [0.05, 0.1) is 5.88 Å². The van der Waals surface area contributed by atoms with E-state index in [2.05, 4.69) is 0 Å². The van der Waals surface area contributed by atoms with Crippen molar-refractivity contribution in [3.8, 4) is 0 Å². The normalized spacial score (nSPS) is 49.2. The van der Waals surface area contributed by atoms with Crippen molar-refractivity contribution >= 4 is 11.6 Å². The average molecular weight is 199 g/mol. The summed E-state index contributed by atoms with van der Waals surface area (Å²) >= 11 is 5.36. The standard InChI is InChI=1S/C6H11ClO5/c7-1-2-3(8)4(9)5(10)6(11)12-2/h2-6,8-11H,1H2/t2?,3-,4+,5?,6?/m1/s1. The van der Waals surface area contributed by atoms with Crippen LogP contribution in [0, 0.1) is 0 Å². The van der Waals surface area contributed by atoms with Crippen molar-refractivity contribution in [1.29, 1.82) is 0 Å². The SMILES string of the molecule is OC1OC(CCl)[C@@H](O)[C@H](O)C1O. The van der Waals surface area contributed by atoms with Crippen LogP contribution in [0.25, 0.3) is 0 Å². The number of rotatable bonds is 1.